The lowest BCUT2D eigenvalue weighted by Crippen LogP contribution is -2.29. The molecule has 0 radical (unpaired) electrons. The lowest BCUT2D eigenvalue weighted by atomic mass is 10.1. The molecule has 2 heterocycles. The number of hydrogen-bond donors (Lipinski definition) is 0. The minimum Gasteiger partial charge on any atom is -0.444 e. The van der Waals surface area contributed by atoms with Gasteiger partial charge in [-0.1, -0.05) is 24.3 Å². The summed E-state index contributed by atoms with van der Waals surface area (Å²) < 4.78 is 5.31. The van der Waals surface area contributed by atoms with Gasteiger partial charge >= 0.3 is 0 Å². The molecule has 2 amide bonds. The number of imide groups is 1. The highest BCUT2D eigenvalue weighted by Gasteiger charge is 2.37. The molecule has 0 N–H and O–H groups in total. The number of benzene rings is 2. The third kappa shape index (κ3) is 1.69. The molecule has 22 heavy (non-hydrogen) atoms. The second-order valence-electron chi connectivity index (χ2n) is 4.85. The first-order valence-electron chi connectivity index (χ1n) is 6.74. The predicted octanol–water partition coefficient (Wildman–Crippen LogP) is 3.14. The van der Waals surface area contributed by atoms with Crippen LogP contribution in [0.25, 0.3) is 11.5 Å². The van der Waals surface area contributed by atoms with E-state index in [2.05, 4.69) is 4.98 Å². The quantitative estimate of drug-likeness (QED) is 0.680. The number of aromatic nitrogens is 1. The Balaban J connectivity index is 1.89. The molecule has 0 bridgehead atoms. The van der Waals surface area contributed by atoms with Crippen molar-refractivity contribution in [3.63, 3.8) is 0 Å². The molecule has 0 saturated carbocycles. The van der Waals surface area contributed by atoms with Crippen molar-refractivity contribution in [3.05, 3.63) is 72.1 Å². The first-order chi connectivity index (χ1) is 10.8. The van der Waals surface area contributed by atoms with Crippen LogP contribution in [0.15, 0.2) is 65.4 Å². The maximum absolute atomic E-state index is 12.6. The second kappa shape index (κ2) is 4.66. The Morgan fingerprint density at radius 3 is 2.00 bits per heavy atom. The van der Waals surface area contributed by atoms with Gasteiger partial charge in [0.2, 0.25) is 5.89 Å². The summed E-state index contributed by atoms with van der Waals surface area (Å²) >= 11 is 0. The molecule has 0 atom stereocenters. The summed E-state index contributed by atoms with van der Waals surface area (Å²) in [6.45, 7) is 0. The summed E-state index contributed by atoms with van der Waals surface area (Å²) in [6, 6.07) is 13.9. The molecular weight excluding hydrogens is 280 g/mol. The van der Waals surface area contributed by atoms with Crippen LogP contribution in [0.5, 0.6) is 0 Å². The highest BCUT2D eigenvalue weighted by Crippen LogP contribution is 2.35. The molecule has 0 spiro atoms. The Kier molecular flexibility index (Phi) is 2.66. The van der Waals surface area contributed by atoms with E-state index in [1.165, 1.54) is 17.4 Å². The maximum atomic E-state index is 12.6. The zero-order chi connectivity index (χ0) is 15.1. The Labute approximate surface area is 125 Å². The number of amides is 2. The number of carbonyl (C=O) groups excluding carboxylic acids is 2. The maximum Gasteiger partial charge on any atom is 0.266 e. The zero-order valence-electron chi connectivity index (χ0n) is 11.4. The minimum atomic E-state index is -0.334. The molecule has 0 fully saturated rings. The SMILES string of the molecule is O=C1c2ccccc2C(=O)N1c1ccccc1-c1ncco1. The molecule has 2 aromatic carbocycles. The van der Waals surface area contributed by atoms with Gasteiger partial charge in [-0.05, 0) is 24.3 Å². The first-order valence-corrected chi connectivity index (χ1v) is 6.74. The largest absolute Gasteiger partial charge is 0.444 e. The summed E-state index contributed by atoms with van der Waals surface area (Å²) in [5, 5.41) is 0. The summed E-state index contributed by atoms with van der Waals surface area (Å²) in [4.78, 5) is 30.4. The Morgan fingerprint density at radius 1 is 0.818 bits per heavy atom. The fourth-order valence-electron chi connectivity index (χ4n) is 2.61. The highest BCUT2D eigenvalue weighted by atomic mass is 16.3. The number of fused-ring (bicyclic) bond motifs is 1. The fraction of sp³-hybridized carbons (Fsp3) is 0. The van der Waals surface area contributed by atoms with E-state index in [9.17, 15) is 9.59 Å². The van der Waals surface area contributed by atoms with Crippen molar-refractivity contribution in [3.8, 4) is 11.5 Å². The molecule has 0 saturated heterocycles. The summed E-state index contributed by atoms with van der Waals surface area (Å²) in [5.41, 5.74) is 1.89. The van der Waals surface area contributed by atoms with Crippen molar-refractivity contribution in [2.75, 3.05) is 4.90 Å². The van der Waals surface area contributed by atoms with Gasteiger partial charge in [-0.3, -0.25) is 9.59 Å². The third-order valence-electron chi connectivity index (χ3n) is 3.60. The summed E-state index contributed by atoms with van der Waals surface area (Å²) in [6.07, 6.45) is 2.98. The van der Waals surface area contributed by atoms with Crippen LogP contribution in [0.1, 0.15) is 20.7 Å². The van der Waals surface area contributed by atoms with Gasteiger partial charge in [-0.2, -0.15) is 0 Å². The predicted molar refractivity (Wildman–Crippen MR) is 79.5 cm³/mol. The van der Waals surface area contributed by atoms with E-state index in [0.29, 0.717) is 28.3 Å². The first kappa shape index (κ1) is 12.5. The third-order valence-corrected chi connectivity index (χ3v) is 3.60. The van der Waals surface area contributed by atoms with Crippen LogP contribution < -0.4 is 4.90 Å². The van der Waals surface area contributed by atoms with Gasteiger partial charge in [-0.25, -0.2) is 9.88 Å². The van der Waals surface area contributed by atoms with Crippen LogP contribution >= 0.6 is 0 Å². The molecule has 1 aliphatic heterocycles. The lowest BCUT2D eigenvalue weighted by molar-refractivity contribution is 0.0926. The lowest BCUT2D eigenvalue weighted by Gasteiger charge is -2.16. The normalized spacial score (nSPS) is 13.5. The van der Waals surface area contributed by atoms with Gasteiger partial charge in [0, 0.05) is 0 Å². The number of para-hydroxylation sites is 1. The number of nitrogens with zero attached hydrogens (tertiary/aromatic N) is 2. The summed E-state index contributed by atoms with van der Waals surface area (Å²) in [7, 11) is 0. The number of anilines is 1. The number of rotatable bonds is 2. The molecule has 4 rings (SSSR count). The van der Waals surface area contributed by atoms with Crippen LogP contribution in [-0.4, -0.2) is 16.8 Å². The van der Waals surface area contributed by atoms with Gasteiger partial charge in [0.15, 0.2) is 0 Å². The Morgan fingerprint density at radius 2 is 1.41 bits per heavy atom. The van der Waals surface area contributed by atoms with Crippen LogP contribution in [0.2, 0.25) is 0 Å². The van der Waals surface area contributed by atoms with Gasteiger partial charge in [0.1, 0.15) is 6.26 Å². The van der Waals surface area contributed by atoms with Crippen molar-refractivity contribution in [2.45, 2.75) is 0 Å². The van der Waals surface area contributed by atoms with Crippen molar-refractivity contribution < 1.29 is 14.0 Å². The average Bonchev–Trinajstić information content (AvgIpc) is 3.16. The fourth-order valence-corrected chi connectivity index (χ4v) is 2.61. The van der Waals surface area contributed by atoms with Gasteiger partial charge in [0.05, 0.1) is 28.6 Å². The van der Waals surface area contributed by atoms with E-state index in [1.54, 1.807) is 48.5 Å². The molecule has 106 valence electrons. The molecule has 1 aliphatic rings. The van der Waals surface area contributed by atoms with Crippen LogP contribution in [-0.2, 0) is 0 Å². The molecule has 3 aromatic rings. The van der Waals surface area contributed by atoms with Crippen molar-refractivity contribution >= 4 is 17.5 Å². The minimum absolute atomic E-state index is 0.334. The smallest absolute Gasteiger partial charge is 0.266 e. The van der Waals surface area contributed by atoms with E-state index in [0.717, 1.165) is 0 Å². The molecule has 5 nitrogen and oxygen atoms in total. The van der Waals surface area contributed by atoms with Crippen molar-refractivity contribution in [1.82, 2.24) is 4.98 Å². The van der Waals surface area contributed by atoms with Crippen LogP contribution in [0.3, 0.4) is 0 Å². The van der Waals surface area contributed by atoms with Crippen LogP contribution in [0, 0.1) is 0 Å². The number of oxazole rings is 1. The molecule has 1 aromatic heterocycles. The van der Waals surface area contributed by atoms with Gasteiger partial charge in [-0.15, -0.1) is 0 Å². The average molecular weight is 290 g/mol. The monoisotopic (exact) mass is 290 g/mol. The second-order valence-corrected chi connectivity index (χ2v) is 4.85. The topological polar surface area (TPSA) is 63.4 Å². The van der Waals surface area contributed by atoms with E-state index < -0.39 is 0 Å². The molecular formula is C17H10N2O3. The highest BCUT2D eigenvalue weighted by molar-refractivity contribution is 6.35. The van der Waals surface area contributed by atoms with E-state index in [-0.39, 0.29) is 11.8 Å². The Bertz CT molecular complexity index is 849. The Hall–Kier alpha value is -3.21. The van der Waals surface area contributed by atoms with Gasteiger partial charge < -0.3 is 4.42 Å². The number of carbonyl (C=O) groups is 2. The molecule has 5 heteroatoms. The molecule has 0 aliphatic carbocycles. The van der Waals surface area contributed by atoms with E-state index in [1.807, 2.05) is 0 Å². The molecule has 0 unspecified atom stereocenters. The zero-order valence-corrected chi connectivity index (χ0v) is 11.4. The van der Waals surface area contributed by atoms with E-state index in [4.69, 9.17) is 4.42 Å². The van der Waals surface area contributed by atoms with E-state index >= 15 is 0 Å². The summed E-state index contributed by atoms with van der Waals surface area (Å²) in [5.74, 6) is -0.300. The van der Waals surface area contributed by atoms with Crippen molar-refractivity contribution in [2.24, 2.45) is 0 Å². The standard InChI is InChI=1S/C17H10N2O3/c20-16-11-5-1-2-6-12(11)17(21)19(16)14-8-4-3-7-13(14)15-18-9-10-22-15/h1-10H. The van der Waals surface area contributed by atoms with Crippen LogP contribution in [0.4, 0.5) is 5.69 Å². The van der Waals surface area contributed by atoms with Gasteiger partial charge in [0.25, 0.3) is 11.8 Å². The number of hydrogen-bond acceptors (Lipinski definition) is 4. The van der Waals surface area contributed by atoms with Crippen molar-refractivity contribution in [1.29, 1.82) is 0 Å².